The van der Waals surface area contributed by atoms with Gasteiger partial charge in [-0.05, 0) is 36.5 Å². The Labute approximate surface area is 144 Å². The predicted molar refractivity (Wildman–Crippen MR) is 96.5 cm³/mol. The molecule has 3 nitrogen and oxygen atoms in total. The lowest BCUT2D eigenvalue weighted by molar-refractivity contribution is 0.0899. The van der Waals surface area contributed by atoms with Crippen molar-refractivity contribution in [2.75, 3.05) is 6.61 Å². The largest absolute Gasteiger partial charge is 0.505 e. The van der Waals surface area contributed by atoms with E-state index in [0.717, 1.165) is 32.1 Å². The van der Waals surface area contributed by atoms with Crippen LogP contribution < -0.4 is 0 Å². The molecule has 1 unspecified atom stereocenters. The molecule has 0 spiro atoms. The second-order valence-corrected chi connectivity index (χ2v) is 6.14. The molecule has 0 aliphatic carbocycles. The molecule has 1 N–H and O–H groups in total. The maximum atomic E-state index is 10.3. The highest BCUT2D eigenvalue weighted by molar-refractivity contribution is 5.56. The number of aryl methyl sites for hydroxylation is 1. The van der Waals surface area contributed by atoms with Gasteiger partial charge in [-0.1, -0.05) is 73.9 Å². The molecule has 24 heavy (non-hydrogen) atoms. The van der Waals surface area contributed by atoms with Crippen LogP contribution in [0, 0.1) is 6.92 Å². The summed E-state index contributed by atoms with van der Waals surface area (Å²) in [5.41, 5.74) is 4.10. The quantitative estimate of drug-likeness (QED) is 0.470. The monoisotopic (exact) mass is 326 g/mol. The predicted octanol–water partition coefficient (Wildman–Crippen LogP) is 5.77. The van der Waals surface area contributed by atoms with Gasteiger partial charge in [-0.2, -0.15) is 0 Å². The van der Waals surface area contributed by atoms with Gasteiger partial charge >= 0.3 is 6.16 Å². The summed E-state index contributed by atoms with van der Waals surface area (Å²) in [6.45, 7) is 2.48. The molecule has 128 valence electrons. The Balaban J connectivity index is 1.91. The van der Waals surface area contributed by atoms with Crippen LogP contribution in [-0.2, 0) is 4.74 Å². The molecular formula is C21H26O3. The smallest absolute Gasteiger partial charge is 0.450 e. The third-order valence-corrected chi connectivity index (χ3v) is 4.38. The fourth-order valence-electron chi connectivity index (χ4n) is 3.13. The summed E-state index contributed by atoms with van der Waals surface area (Å²) in [5, 5.41) is 8.44. The first-order valence-corrected chi connectivity index (χ1v) is 8.64. The Morgan fingerprint density at radius 1 is 0.958 bits per heavy atom. The van der Waals surface area contributed by atoms with Gasteiger partial charge in [0, 0.05) is 5.92 Å². The summed E-state index contributed by atoms with van der Waals surface area (Å²) in [6.07, 6.45) is 3.95. The lowest BCUT2D eigenvalue weighted by Gasteiger charge is -2.20. The molecule has 1 atom stereocenters. The molecular weight excluding hydrogens is 300 g/mol. The Bertz CT molecular complexity index is 622. The van der Waals surface area contributed by atoms with E-state index in [0.29, 0.717) is 12.5 Å². The van der Waals surface area contributed by atoms with E-state index in [2.05, 4.69) is 66.3 Å². The van der Waals surface area contributed by atoms with E-state index >= 15 is 0 Å². The number of hydrogen-bond donors (Lipinski definition) is 1. The van der Waals surface area contributed by atoms with Gasteiger partial charge in [0.25, 0.3) is 0 Å². The van der Waals surface area contributed by atoms with Gasteiger partial charge in [0.2, 0.25) is 0 Å². The SMILES string of the molecule is Cc1ccccc1C(CCCCCCOC(=O)O)c1ccccc1. The normalized spacial score (nSPS) is 11.9. The van der Waals surface area contributed by atoms with E-state index < -0.39 is 6.16 Å². The molecule has 0 aliphatic rings. The molecule has 0 fully saturated rings. The van der Waals surface area contributed by atoms with Gasteiger partial charge < -0.3 is 9.84 Å². The van der Waals surface area contributed by atoms with Crippen LogP contribution in [0.15, 0.2) is 54.6 Å². The number of hydrogen-bond acceptors (Lipinski definition) is 2. The number of rotatable bonds is 9. The molecule has 0 aromatic heterocycles. The van der Waals surface area contributed by atoms with Gasteiger partial charge in [-0.15, -0.1) is 0 Å². The number of carboxylic acid groups (broad SMARTS) is 1. The van der Waals surface area contributed by atoms with E-state index in [1.807, 2.05) is 0 Å². The van der Waals surface area contributed by atoms with Crippen LogP contribution in [0.25, 0.3) is 0 Å². The zero-order valence-corrected chi connectivity index (χ0v) is 14.3. The summed E-state index contributed by atoms with van der Waals surface area (Å²) >= 11 is 0. The summed E-state index contributed by atoms with van der Waals surface area (Å²) in [5.74, 6) is 0.419. The van der Waals surface area contributed by atoms with Crippen molar-refractivity contribution in [1.29, 1.82) is 0 Å². The average molecular weight is 326 g/mol. The first-order valence-electron chi connectivity index (χ1n) is 8.64. The lowest BCUT2D eigenvalue weighted by Crippen LogP contribution is -2.04. The highest BCUT2D eigenvalue weighted by Crippen LogP contribution is 2.31. The molecule has 0 radical (unpaired) electrons. The molecule has 0 aliphatic heterocycles. The number of benzene rings is 2. The first kappa shape index (κ1) is 18.1. The second kappa shape index (κ2) is 9.76. The van der Waals surface area contributed by atoms with Crippen molar-refractivity contribution in [2.45, 2.75) is 44.9 Å². The minimum Gasteiger partial charge on any atom is -0.450 e. The van der Waals surface area contributed by atoms with Crippen molar-refractivity contribution in [2.24, 2.45) is 0 Å². The Hall–Kier alpha value is -2.29. The third kappa shape index (κ3) is 5.73. The number of carbonyl (C=O) groups is 1. The van der Waals surface area contributed by atoms with Crippen molar-refractivity contribution in [3.8, 4) is 0 Å². The molecule has 0 saturated carbocycles. The van der Waals surface area contributed by atoms with Gasteiger partial charge in [-0.25, -0.2) is 4.79 Å². The molecule has 0 saturated heterocycles. The second-order valence-electron chi connectivity index (χ2n) is 6.14. The van der Waals surface area contributed by atoms with Crippen LogP contribution in [0.2, 0.25) is 0 Å². The van der Waals surface area contributed by atoms with Crippen LogP contribution in [0.1, 0.15) is 54.7 Å². The fourth-order valence-corrected chi connectivity index (χ4v) is 3.13. The lowest BCUT2D eigenvalue weighted by atomic mass is 9.84. The molecule has 2 aromatic carbocycles. The first-order chi connectivity index (χ1) is 11.7. The Morgan fingerprint density at radius 2 is 1.62 bits per heavy atom. The number of unbranched alkanes of at least 4 members (excludes halogenated alkanes) is 3. The summed E-state index contributed by atoms with van der Waals surface area (Å²) < 4.78 is 4.54. The molecule has 0 amide bonds. The average Bonchev–Trinajstić information content (AvgIpc) is 2.59. The highest BCUT2D eigenvalue weighted by Gasteiger charge is 2.15. The fraction of sp³-hybridized carbons (Fsp3) is 0.381. The van der Waals surface area contributed by atoms with Crippen molar-refractivity contribution < 1.29 is 14.6 Å². The van der Waals surface area contributed by atoms with Gasteiger partial charge in [0.05, 0.1) is 6.61 Å². The van der Waals surface area contributed by atoms with E-state index in [4.69, 9.17) is 5.11 Å². The molecule has 0 heterocycles. The molecule has 0 bridgehead atoms. The van der Waals surface area contributed by atoms with Gasteiger partial charge in [0.1, 0.15) is 0 Å². The summed E-state index contributed by atoms with van der Waals surface area (Å²) in [7, 11) is 0. The summed E-state index contributed by atoms with van der Waals surface area (Å²) in [6, 6.07) is 19.3. The van der Waals surface area contributed by atoms with Crippen LogP contribution >= 0.6 is 0 Å². The zero-order chi connectivity index (χ0) is 17.2. The van der Waals surface area contributed by atoms with Crippen molar-refractivity contribution >= 4 is 6.16 Å². The van der Waals surface area contributed by atoms with Gasteiger partial charge in [-0.3, -0.25) is 0 Å². The van der Waals surface area contributed by atoms with E-state index in [1.165, 1.54) is 16.7 Å². The Morgan fingerprint density at radius 3 is 2.33 bits per heavy atom. The zero-order valence-electron chi connectivity index (χ0n) is 14.3. The topological polar surface area (TPSA) is 46.5 Å². The van der Waals surface area contributed by atoms with Crippen molar-refractivity contribution in [3.05, 3.63) is 71.3 Å². The minimum atomic E-state index is -1.18. The standard InChI is InChI=1S/C21H26O3/c1-17-11-8-9-14-19(17)20(18-12-5-4-6-13-18)15-7-2-3-10-16-24-21(22)23/h4-6,8-9,11-14,20H,2-3,7,10,15-16H2,1H3,(H,22,23). The van der Waals surface area contributed by atoms with E-state index in [1.54, 1.807) is 0 Å². The van der Waals surface area contributed by atoms with E-state index in [-0.39, 0.29) is 0 Å². The molecule has 2 aromatic rings. The van der Waals surface area contributed by atoms with E-state index in [9.17, 15) is 4.79 Å². The van der Waals surface area contributed by atoms with Gasteiger partial charge in [0.15, 0.2) is 0 Å². The summed E-state index contributed by atoms with van der Waals surface area (Å²) in [4.78, 5) is 10.3. The van der Waals surface area contributed by atoms with Crippen LogP contribution in [-0.4, -0.2) is 17.9 Å². The van der Waals surface area contributed by atoms with Crippen LogP contribution in [0.5, 0.6) is 0 Å². The third-order valence-electron chi connectivity index (χ3n) is 4.38. The molecule has 3 heteroatoms. The van der Waals surface area contributed by atoms with Crippen molar-refractivity contribution in [1.82, 2.24) is 0 Å². The maximum Gasteiger partial charge on any atom is 0.505 e. The highest BCUT2D eigenvalue weighted by atomic mass is 16.7. The van der Waals surface area contributed by atoms with Crippen LogP contribution in [0.3, 0.4) is 0 Å². The minimum absolute atomic E-state index is 0.301. The van der Waals surface area contributed by atoms with Crippen molar-refractivity contribution in [3.63, 3.8) is 0 Å². The number of ether oxygens (including phenoxy) is 1. The molecule has 2 rings (SSSR count). The Kier molecular flexibility index (Phi) is 7.34. The maximum absolute atomic E-state index is 10.3. The van der Waals surface area contributed by atoms with Crippen LogP contribution in [0.4, 0.5) is 4.79 Å².